The number of nitrogens with zero attached hydrogens (tertiary/aromatic N) is 3. The average Bonchev–Trinajstić information content (AvgIpc) is 3.18. The van der Waals surface area contributed by atoms with Crippen LogP contribution in [0, 0.1) is 12.7 Å². The molecule has 2 fully saturated rings. The SMILES string of the molecule is Cc1nc2c(=O)n(C3CC3)c3cc(N4CCC(O)C4)c(F)cc3c2o1. The van der Waals surface area contributed by atoms with Crippen LogP contribution in [0.15, 0.2) is 21.3 Å². The van der Waals surface area contributed by atoms with Gasteiger partial charge in [0.1, 0.15) is 5.82 Å². The van der Waals surface area contributed by atoms with Gasteiger partial charge in [0.05, 0.1) is 17.3 Å². The lowest BCUT2D eigenvalue weighted by atomic mass is 10.1. The van der Waals surface area contributed by atoms with Gasteiger partial charge in [-0.1, -0.05) is 0 Å². The average molecular weight is 343 g/mol. The van der Waals surface area contributed by atoms with Gasteiger partial charge in [0.2, 0.25) is 0 Å². The van der Waals surface area contributed by atoms with Gasteiger partial charge in [-0.25, -0.2) is 9.37 Å². The molecule has 0 amide bonds. The van der Waals surface area contributed by atoms with Crippen molar-refractivity contribution in [1.29, 1.82) is 0 Å². The highest BCUT2D eigenvalue weighted by Crippen LogP contribution is 2.39. The molecule has 1 N–H and O–H groups in total. The van der Waals surface area contributed by atoms with Crippen LogP contribution in [0.4, 0.5) is 10.1 Å². The van der Waals surface area contributed by atoms with Crippen LogP contribution in [-0.2, 0) is 0 Å². The van der Waals surface area contributed by atoms with E-state index >= 15 is 0 Å². The van der Waals surface area contributed by atoms with Crippen LogP contribution in [0.5, 0.6) is 0 Å². The van der Waals surface area contributed by atoms with Gasteiger partial charge in [-0.05, 0) is 31.4 Å². The van der Waals surface area contributed by atoms with Crippen LogP contribution in [0.1, 0.15) is 31.2 Å². The Bertz CT molecular complexity index is 1070. The van der Waals surface area contributed by atoms with Crippen LogP contribution in [-0.4, -0.2) is 33.9 Å². The number of rotatable bonds is 2. The van der Waals surface area contributed by atoms with Crippen LogP contribution in [0.3, 0.4) is 0 Å². The van der Waals surface area contributed by atoms with Crippen molar-refractivity contribution >= 4 is 27.7 Å². The molecule has 2 aliphatic rings. The Balaban J connectivity index is 1.84. The molecule has 0 spiro atoms. The minimum atomic E-state index is -0.444. The van der Waals surface area contributed by atoms with Crippen molar-refractivity contribution in [3.05, 3.63) is 34.2 Å². The van der Waals surface area contributed by atoms with Crippen molar-refractivity contribution < 1.29 is 13.9 Å². The molecule has 3 aromatic rings. The summed E-state index contributed by atoms with van der Waals surface area (Å²) in [6, 6.07) is 3.29. The lowest BCUT2D eigenvalue weighted by molar-refractivity contribution is 0.198. The Morgan fingerprint density at radius 1 is 1.32 bits per heavy atom. The number of aliphatic hydroxyl groups excluding tert-OH is 1. The molecule has 1 aliphatic carbocycles. The van der Waals surface area contributed by atoms with Gasteiger partial charge >= 0.3 is 0 Å². The zero-order valence-corrected chi connectivity index (χ0v) is 13.8. The maximum atomic E-state index is 14.8. The van der Waals surface area contributed by atoms with Crippen LogP contribution in [0.25, 0.3) is 22.0 Å². The van der Waals surface area contributed by atoms with Gasteiger partial charge in [-0.3, -0.25) is 4.79 Å². The minimum absolute atomic E-state index is 0.138. The summed E-state index contributed by atoms with van der Waals surface area (Å²) in [6.45, 7) is 2.68. The van der Waals surface area contributed by atoms with E-state index in [9.17, 15) is 14.3 Å². The number of oxazole rings is 1. The molecule has 1 saturated heterocycles. The largest absolute Gasteiger partial charge is 0.440 e. The molecular weight excluding hydrogens is 325 g/mol. The smallest absolute Gasteiger partial charge is 0.281 e. The van der Waals surface area contributed by atoms with Crippen molar-refractivity contribution in [2.24, 2.45) is 0 Å². The third kappa shape index (κ3) is 2.18. The summed E-state index contributed by atoms with van der Waals surface area (Å²) in [5.74, 6) is 0.0204. The second kappa shape index (κ2) is 5.05. The van der Waals surface area contributed by atoms with E-state index in [2.05, 4.69) is 4.98 Å². The van der Waals surface area contributed by atoms with Gasteiger partial charge in [0, 0.05) is 31.4 Å². The number of aromatic nitrogens is 2. The van der Waals surface area contributed by atoms with Crippen molar-refractivity contribution in [3.63, 3.8) is 0 Å². The highest BCUT2D eigenvalue weighted by molar-refractivity contribution is 6.02. The summed E-state index contributed by atoms with van der Waals surface area (Å²) < 4.78 is 22.2. The van der Waals surface area contributed by atoms with Crippen LogP contribution >= 0.6 is 0 Å². The summed E-state index contributed by atoms with van der Waals surface area (Å²) in [5.41, 5.74) is 1.53. The van der Waals surface area contributed by atoms with Crippen molar-refractivity contribution in [1.82, 2.24) is 9.55 Å². The Labute approximate surface area is 142 Å². The highest BCUT2D eigenvalue weighted by atomic mass is 19.1. The Morgan fingerprint density at radius 2 is 2.12 bits per heavy atom. The van der Waals surface area contributed by atoms with E-state index in [0.717, 1.165) is 12.8 Å². The molecule has 25 heavy (non-hydrogen) atoms. The number of aliphatic hydroxyl groups is 1. The molecule has 6 nitrogen and oxygen atoms in total. The van der Waals surface area contributed by atoms with Crippen molar-refractivity contribution in [2.75, 3.05) is 18.0 Å². The van der Waals surface area contributed by atoms with Crippen molar-refractivity contribution in [2.45, 2.75) is 38.3 Å². The third-order valence-corrected chi connectivity index (χ3v) is 5.14. The topological polar surface area (TPSA) is 71.5 Å². The van der Waals surface area contributed by atoms with Gasteiger partial charge in [0.15, 0.2) is 17.0 Å². The fourth-order valence-corrected chi connectivity index (χ4v) is 3.81. The maximum Gasteiger partial charge on any atom is 0.281 e. The molecule has 0 bridgehead atoms. The highest BCUT2D eigenvalue weighted by Gasteiger charge is 2.30. The molecular formula is C18H18FN3O3. The lowest BCUT2D eigenvalue weighted by Gasteiger charge is -2.20. The van der Waals surface area contributed by atoms with Gasteiger partial charge in [-0.15, -0.1) is 0 Å². The molecule has 2 aromatic heterocycles. The first-order chi connectivity index (χ1) is 12.0. The molecule has 5 rings (SSSR count). The number of halogens is 1. The van der Waals surface area contributed by atoms with Gasteiger partial charge in [0.25, 0.3) is 5.56 Å². The number of fused-ring (bicyclic) bond motifs is 3. The minimum Gasteiger partial charge on any atom is -0.440 e. The molecule has 1 aromatic carbocycles. The van der Waals surface area contributed by atoms with Gasteiger partial charge in [-0.2, -0.15) is 0 Å². The molecule has 1 saturated carbocycles. The summed E-state index contributed by atoms with van der Waals surface area (Å²) in [4.78, 5) is 18.9. The predicted octanol–water partition coefficient (Wildman–Crippen LogP) is 2.50. The third-order valence-electron chi connectivity index (χ3n) is 5.14. The van der Waals surface area contributed by atoms with E-state index < -0.39 is 6.10 Å². The number of hydrogen-bond acceptors (Lipinski definition) is 5. The first-order valence-electron chi connectivity index (χ1n) is 8.61. The summed E-state index contributed by atoms with van der Waals surface area (Å²) in [7, 11) is 0. The summed E-state index contributed by atoms with van der Waals surface area (Å²) in [6.07, 6.45) is 2.05. The number of β-amino-alcohol motifs (C(OH)–C–C–N with tert-alkyl or cyclic N) is 1. The van der Waals surface area contributed by atoms with Crippen LogP contribution in [0.2, 0.25) is 0 Å². The Kier molecular flexibility index (Phi) is 3.01. The fourth-order valence-electron chi connectivity index (χ4n) is 3.81. The monoisotopic (exact) mass is 343 g/mol. The van der Waals surface area contributed by atoms with E-state index in [1.807, 2.05) is 4.90 Å². The summed E-state index contributed by atoms with van der Waals surface area (Å²) >= 11 is 0. The number of benzene rings is 1. The normalized spacial score (nSPS) is 20.9. The number of hydrogen-bond donors (Lipinski definition) is 1. The predicted molar refractivity (Wildman–Crippen MR) is 91.6 cm³/mol. The van der Waals surface area contributed by atoms with Crippen LogP contribution < -0.4 is 10.5 Å². The Hall–Kier alpha value is -2.41. The maximum absolute atomic E-state index is 14.8. The van der Waals surface area contributed by atoms with E-state index in [0.29, 0.717) is 47.6 Å². The molecule has 1 aliphatic heterocycles. The standard InChI is InChI=1S/C18H18FN3O3/c1-9-20-16-17(25-9)12-6-13(19)15(21-5-4-11(23)8-21)7-14(12)22(18(16)24)10-2-3-10/h6-7,10-11,23H,2-5,8H2,1H3. The van der Waals surface area contributed by atoms with E-state index in [-0.39, 0.29) is 22.9 Å². The summed E-state index contributed by atoms with van der Waals surface area (Å²) in [5, 5.41) is 10.3. The molecule has 130 valence electrons. The molecule has 1 atom stereocenters. The number of anilines is 1. The Morgan fingerprint density at radius 3 is 2.80 bits per heavy atom. The number of pyridine rings is 1. The van der Waals surface area contributed by atoms with Crippen molar-refractivity contribution in [3.8, 4) is 0 Å². The van der Waals surface area contributed by atoms with Gasteiger partial charge < -0.3 is 19.0 Å². The van der Waals surface area contributed by atoms with E-state index in [1.165, 1.54) is 6.07 Å². The molecule has 3 heterocycles. The second-order valence-electron chi connectivity index (χ2n) is 7.03. The second-order valence-corrected chi connectivity index (χ2v) is 7.03. The molecule has 7 heteroatoms. The zero-order chi connectivity index (χ0) is 17.3. The first kappa shape index (κ1) is 14.9. The van der Waals surface area contributed by atoms with E-state index in [1.54, 1.807) is 17.6 Å². The lowest BCUT2D eigenvalue weighted by Crippen LogP contribution is -2.24. The zero-order valence-electron chi connectivity index (χ0n) is 13.8. The number of aryl methyl sites for hydroxylation is 1. The quantitative estimate of drug-likeness (QED) is 0.774. The van der Waals surface area contributed by atoms with E-state index in [4.69, 9.17) is 4.42 Å². The fraction of sp³-hybridized carbons (Fsp3) is 0.444. The molecule has 1 unspecified atom stereocenters. The molecule has 0 radical (unpaired) electrons. The first-order valence-corrected chi connectivity index (χ1v) is 8.61.